The summed E-state index contributed by atoms with van der Waals surface area (Å²) in [6.07, 6.45) is 13.2. The fourth-order valence-electron chi connectivity index (χ4n) is 3.32. The number of esters is 1. The van der Waals surface area contributed by atoms with Gasteiger partial charge in [-0.2, -0.15) is 0 Å². The molecule has 4 heteroatoms. The van der Waals surface area contributed by atoms with Crippen LogP contribution in [0.2, 0.25) is 0 Å². The van der Waals surface area contributed by atoms with Crippen LogP contribution in [0.3, 0.4) is 0 Å². The zero-order valence-corrected chi connectivity index (χ0v) is 16.8. The van der Waals surface area contributed by atoms with Gasteiger partial charge in [0.05, 0.1) is 6.10 Å². The van der Waals surface area contributed by atoms with Crippen molar-refractivity contribution in [3.05, 3.63) is 52.7 Å². The van der Waals surface area contributed by atoms with E-state index in [0.717, 1.165) is 11.1 Å². The maximum Gasteiger partial charge on any atom is 0.376 e. The number of hydrogen-bond donors (Lipinski definition) is 0. The Morgan fingerprint density at radius 2 is 1.92 bits per heavy atom. The summed E-state index contributed by atoms with van der Waals surface area (Å²) in [5.74, 6) is -0.400. The second-order valence-corrected chi connectivity index (χ2v) is 7.95. The van der Waals surface area contributed by atoms with Crippen molar-refractivity contribution in [3.63, 3.8) is 0 Å². The molecule has 0 atom stereocenters. The summed E-state index contributed by atoms with van der Waals surface area (Å²) in [5.41, 5.74) is 5.15. The van der Waals surface area contributed by atoms with E-state index in [9.17, 15) is 4.79 Å². The lowest BCUT2D eigenvalue weighted by atomic mass is 9.72. The zero-order valence-electron chi connectivity index (χ0n) is 16.8. The summed E-state index contributed by atoms with van der Waals surface area (Å²) in [4.78, 5) is 20.0. The van der Waals surface area contributed by atoms with Crippen LogP contribution in [-0.2, 0) is 4.74 Å². The monoisotopic (exact) mass is 354 g/mol. The van der Waals surface area contributed by atoms with E-state index in [1.54, 1.807) is 26.2 Å². The molecule has 140 valence electrons. The Morgan fingerprint density at radius 1 is 1.27 bits per heavy atom. The van der Waals surface area contributed by atoms with Crippen LogP contribution in [0.25, 0.3) is 6.08 Å². The third-order valence-corrected chi connectivity index (χ3v) is 4.65. The van der Waals surface area contributed by atoms with Crippen molar-refractivity contribution >= 4 is 12.0 Å². The van der Waals surface area contributed by atoms with Crippen molar-refractivity contribution in [1.82, 2.24) is 9.97 Å². The molecule has 26 heavy (non-hydrogen) atoms. The fourth-order valence-corrected chi connectivity index (χ4v) is 3.32. The second-order valence-electron chi connectivity index (χ2n) is 7.95. The number of carbonyl (C=O) groups is 1. The summed E-state index contributed by atoms with van der Waals surface area (Å²) in [5, 5.41) is 0. The summed E-state index contributed by atoms with van der Waals surface area (Å²) >= 11 is 0. The van der Waals surface area contributed by atoms with Gasteiger partial charge in [0, 0.05) is 18.0 Å². The van der Waals surface area contributed by atoms with Gasteiger partial charge in [0.1, 0.15) is 0 Å². The molecule has 0 bridgehead atoms. The van der Waals surface area contributed by atoms with Crippen molar-refractivity contribution in [1.29, 1.82) is 0 Å². The van der Waals surface area contributed by atoms with Gasteiger partial charge in [0.25, 0.3) is 0 Å². The molecule has 0 fully saturated rings. The lowest BCUT2D eigenvalue weighted by molar-refractivity contribution is 0.0363. The Balaban J connectivity index is 2.11. The van der Waals surface area contributed by atoms with E-state index in [1.165, 1.54) is 30.4 Å². The van der Waals surface area contributed by atoms with Crippen molar-refractivity contribution in [2.75, 3.05) is 0 Å². The van der Waals surface area contributed by atoms with Crippen LogP contribution in [0, 0.1) is 5.41 Å². The number of aromatic nitrogens is 2. The highest BCUT2D eigenvalue weighted by Crippen LogP contribution is 2.40. The van der Waals surface area contributed by atoms with Crippen molar-refractivity contribution in [2.24, 2.45) is 5.41 Å². The molecule has 0 spiro atoms. The maximum absolute atomic E-state index is 11.8. The molecule has 0 aromatic carbocycles. The van der Waals surface area contributed by atoms with E-state index < -0.39 is 5.97 Å². The van der Waals surface area contributed by atoms with Crippen LogP contribution < -0.4 is 0 Å². The average Bonchev–Trinajstić information content (AvgIpc) is 2.53. The predicted molar refractivity (Wildman–Crippen MR) is 106 cm³/mol. The zero-order chi connectivity index (χ0) is 19.3. The number of allylic oxidation sites excluding steroid dienone is 5. The summed E-state index contributed by atoms with van der Waals surface area (Å²) in [6, 6.07) is 0. The molecule has 0 aliphatic heterocycles. The Morgan fingerprint density at radius 3 is 2.50 bits per heavy atom. The molecule has 2 rings (SSSR count). The van der Waals surface area contributed by atoms with Crippen LogP contribution >= 0.6 is 0 Å². The van der Waals surface area contributed by atoms with E-state index >= 15 is 0 Å². The minimum atomic E-state index is -0.492. The molecule has 1 aliphatic rings. The molecule has 0 radical (unpaired) electrons. The molecular weight excluding hydrogens is 324 g/mol. The van der Waals surface area contributed by atoms with Gasteiger partial charge in [0.15, 0.2) is 0 Å². The lowest BCUT2D eigenvalue weighted by Gasteiger charge is -2.32. The van der Waals surface area contributed by atoms with Gasteiger partial charge in [-0.25, -0.2) is 14.8 Å². The SMILES string of the molecule is CC(C=CC1=C(C)CCCC1(C)C)=Cc1cnc(C(=O)OC(C)C)nc1. The van der Waals surface area contributed by atoms with Crippen molar-refractivity contribution in [3.8, 4) is 0 Å². The van der Waals surface area contributed by atoms with E-state index in [0.29, 0.717) is 0 Å². The van der Waals surface area contributed by atoms with Gasteiger partial charge in [-0.3, -0.25) is 0 Å². The first-order chi connectivity index (χ1) is 12.2. The highest BCUT2D eigenvalue weighted by Gasteiger charge is 2.26. The summed E-state index contributed by atoms with van der Waals surface area (Å²) < 4.78 is 5.10. The minimum absolute atomic E-state index is 0.0915. The Kier molecular flexibility index (Phi) is 6.52. The number of hydrogen-bond acceptors (Lipinski definition) is 4. The number of rotatable bonds is 5. The predicted octanol–water partition coefficient (Wildman–Crippen LogP) is 5.53. The van der Waals surface area contributed by atoms with Gasteiger partial charge in [-0.1, -0.05) is 37.1 Å². The highest BCUT2D eigenvalue weighted by molar-refractivity contribution is 5.85. The molecule has 0 unspecified atom stereocenters. The molecule has 1 aromatic rings. The standard InChI is InChI=1S/C22H30N2O2/c1-15(2)26-21(25)20-23-13-18(14-24-20)12-16(3)9-10-19-17(4)8-7-11-22(19,5)6/h9-10,12-15H,7-8,11H2,1-6H3. The number of ether oxygens (including phenoxy) is 1. The lowest BCUT2D eigenvalue weighted by Crippen LogP contribution is -2.19. The topological polar surface area (TPSA) is 52.1 Å². The summed E-state index contributed by atoms with van der Waals surface area (Å²) in [7, 11) is 0. The third kappa shape index (κ3) is 5.38. The Labute approximate surface area is 157 Å². The van der Waals surface area contributed by atoms with Crippen molar-refractivity contribution < 1.29 is 9.53 Å². The number of nitrogens with zero attached hydrogens (tertiary/aromatic N) is 2. The van der Waals surface area contributed by atoms with Crippen LogP contribution in [0.4, 0.5) is 0 Å². The summed E-state index contributed by atoms with van der Waals surface area (Å²) in [6.45, 7) is 12.5. The van der Waals surface area contributed by atoms with Crippen LogP contribution in [0.5, 0.6) is 0 Å². The van der Waals surface area contributed by atoms with Gasteiger partial charge < -0.3 is 4.74 Å². The molecule has 1 heterocycles. The molecule has 0 amide bonds. The van der Waals surface area contributed by atoms with Crippen LogP contribution in [0.15, 0.2) is 41.3 Å². The van der Waals surface area contributed by atoms with Crippen LogP contribution in [0.1, 0.15) is 77.0 Å². The normalized spacial score (nSPS) is 17.9. The quantitative estimate of drug-likeness (QED) is 0.515. The third-order valence-electron chi connectivity index (χ3n) is 4.65. The molecular formula is C22H30N2O2. The maximum atomic E-state index is 11.8. The number of carbonyl (C=O) groups excluding carboxylic acids is 1. The van der Waals surface area contributed by atoms with Crippen molar-refractivity contribution in [2.45, 2.75) is 66.9 Å². The van der Waals surface area contributed by atoms with Gasteiger partial charge in [-0.05, 0) is 64.0 Å². The Hall–Kier alpha value is -2.23. The van der Waals surface area contributed by atoms with Gasteiger partial charge >= 0.3 is 5.97 Å². The highest BCUT2D eigenvalue weighted by atomic mass is 16.5. The molecule has 0 N–H and O–H groups in total. The van der Waals surface area contributed by atoms with Crippen LogP contribution in [-0.4, -0.2) is 22.0 Å². The largest absolute Gasteiger partial charge is 0.457 e. The molecule has 0 saturated heterocycles. The first kappa shape index (κ1) is 20.1. The minimum Gasteiger partial charge on any atom is -0.457 e. The Bertz CT molecular complexity index is 738. The molecule has 4 nitrogen and oxygen atoms in total. The second kappa shape index (κ2) is 8.43. The van der Waals surface area contributed by atoms with Gasteiger partial charge in [-0.15, -0.1) is 0 Å². The first-order valence-corrected chi connectivity index (χ1v) is 9.28. The van der Waals surface area contributed by atoms with E-state index in [-0.39, 0.29) is 17.3 Å². The smallest absolute Gasteiger partial charge is 0.376 e. The van der Waals surface area contributed by atoms with Gasteiger partial charge in [0.2, 0.25) is 5.82 Å². The average molecular weight is 354 g/mol. The molecule has 1 aromatic heterocycles. The van der Waals surface area contributed by atoms with E-state index in [1.807, 2.05) is 6.08 Å². The first-order valence-electron chi connectivity index (χ1n) is 9.28. The van der Waals surface area contributed by atoms with E-state index in [4.69, 9.17) is 4.74 Å². The fraction of sp³-hybridized carbons (Fsp3) is 0.500. The molecule has 0 saturated carbocycles. The molecule has 1 aliphatic carbocycles. The van der Waals surface area contributed by atoms with E-state index in [2.05, 4.69) is 49.8 Å².